The Morgan fingerprint density at radius 1 is 1.26 bits per heavy atom. The SMILES string of the molecule is CC(=O)OCC(C)c1cc2c(c(O)c1O)C1(C)CCCC(C)(C)C1CC2=O. The van der Waals surface area contributed by atoms with Crippen LogP contribution in [0.3, 0.4) is 0 Å². The van der Waals surface area contributed by atoms with Crippen LogP contribution in [-0.2, 0) is 14.9 Å². The van der Waals surface area contributed by atoms with Gasteiger partial charge in [0, 0.05) is 41.4 Å². The topological polar surface area (TPSA) is 83.8 Å². The van der Waals surface area contributed by atoms with E-state index in [1.54, 1.807) is 13.0 Å². The Morgan fingerprint density at radius 2 is 1.93 bits per heavy atom. The van der Waals surface area contributed by atoms with Crippen LogP contribution in [0.5, 0.6) is 11.5 Å². The molecule has 2 aliphatic carbocycles. The third-order valence-electron chi connectivity index (χ3n) is 6.86. The van der Waals surface area contributed by atoms with E-state index in [1.165, 1.54) is 6.92 Å². The number of rotatable bonds is 3. The Hall–Kier alpha value is -2.04. The van der Waals surface area contributed by atoms with E-state index in [2.05, 4.69) is 20.8 Å². The molecule has 148 valence electrons. The van der Waals surface area contributed by atoms with Crippen LogP contribution >= 0.6 is 0 Å². The third kappa shape index (κ3) is 3.11. The average molecular weight is 374 g/mol. The number of ether oxygens (including phenoxy) is 1. The van der Waals surface area contributed by atoms with Crippen molar-refractivity contribution < 1.29 is 24.5 Å². The molecule has 1 aromatic rings. The number of esters is 1. The second-order valence-corrected chi connectivity index (χ2v) is 9.23. The predicted octanol–water partition coefficient (Wildman–Crippen LogP) is 4.43. The minimum absolute atomic E-state index is 0.00367. The van der Waals surface area contributed by atoms with Gasteiger partial charge in [0.25, 0.3) is 0 Å². The van der Waals surface area contributed by atoms with Gasteiger partial charge in [-0.15, -0.1) is 0 Å². The summed E-state index contributed by atoms with van der Waals surface area (Å²) in [6.45, 7) is 9.71. The van der Waals surface area contributed by atoms with E-state index < -0.39 is 5.97 Å². The standard InChI is InChI=1S/C22H30O5/c1-12(11-27-13(2)23)14-9-15-16(24)10-17-21(3,4)7-6-8-22(17,5)18(15)20(26)19(14)25/h9,12,17,25-26H,6-8,10-11H2,1-5H3. The molecule has 3 atom stereocenters. The zero-order valence-corrected chi connectivity index (χ0v) is 16.9. The molecule has 0 bridgehead atoms. The van der Waals surface area contributed by atoms with Crippen molar-refractivity contribution in [3.8, 4) is 11.5 Å². The van der Waals surface area contributed by atoms with Crippen LogP contribution in [-0.4, -0.2) is 28.6 Å². The van der Waals surface area contributed by atoms with E-state index in [1.807, 2.05) is 0 Å². The van der Waals surface area contributed by atoms with Gasteiger partial charge in [-0.1, -0.05) is 34.1 Å². The smallest absolute Gasteiger partial charge is 0.302 e. The maximum Gasteiger partial charge on any atom is 0.302 e. The highest BCUT2D eigenvalue weighted by atomic mass is 16.5. The van der Waals surface area contributed by atoms with Crippen molar-refractivity contribution in [3.63, 3.8) is 0 Å². The fourth-order valence-electron chi connectivity index (χ4n) is 5.40. The fourth-order valence-corrected chi connectivity index (χ4v) is 5.40. The number of phenolic OH excluding ortho intramolecular Hbond substituents is 2. The second-order valence-electron chi connectivity index (χ2n) is 9.23. The van der Waals surface area contributed by atoms with Crippen LogP contribution in [0.4, 0.5) is 0 Å². The maximum atomic E-state index is 13.0. The number of hydrogen-bond donors (Lipinski definition) is 2. The molecule has 1 saturated carbocycles. The molecule has 5 heteroatoms. The van der Waals surface area contributed by atoms with Crippen molar-refractivity contribution >= 4 is 11.8 Å². The maximum absolute atomic E-state index is 13.0. The molecule has 0 aromatic heterocycles. The van der Waals surface area contributed by atoms with Crippen molar-refractivity contribution in [1.29, 1.82) is 0 Å². The molecule has 3 rings (SSSR count). The van der Waals surface area contributed by atoms with Crippen molar-refractivity contribution in [3.05, 3.63) is 22.8 Å². The molecule has 2 N–H and O–H groups in total. The lowest BCUT2D eigenvalue weighted by Crippen LogP contribution is -2.49. The summed E-state index contributed by atoms with van der Waals surface area (Å²) >= 11 is 0. The fraction of sp³-hybridized carbons (Fsp3) is 0.636. The Balaban J connectivity index is 2.12. The number of phenols is 2. The molecule has 0 aliphatic heterocycles. The van der Waals surface area contributed by atoms with Gasteiger partial charge < -0.3 is 14.9 Å². The predicted molar refractivity (Wildman–Crippen MR) is 102 cm³/mol. The van der Waals surface area contributed by atoms with Crippen LogP contribution in [0.15, 0.2) is 6.07 Å². The normalized spacial score (nSPS) is 27.4. The molecule has 0 radical (unpaired) electrons. The second kappa shape index (κ2) is 6.54. The lowest BCUT2D eigenvalue weighted by atomic mass is 9.50. The Labute approximate surface area is 160 Å². The summed E-state index contributed by atoms with van der Waals surface area (Å²) in [6, 6.07) is 1.70. The van der Waals surface area contributed by atoms with Gasteiger partial charge in [-0.05, 0) is 30.2 Å². The van der Waals surface area contributed by atoms with Crippen LogP contribution in [0, 0.1) is 11.3 Å². The highest BCUT2D eigenvalue weighted by molar-refractivity contribution is 6.01. The van der Waals surface area contributed by atoms with E-state index in [4.69, 9.17) is 4.74 Å². The summed E-state index contributed by atoms with van der Waals surface area (Å²) in [4.78, 5) is 24.1. The summed E-state index contributed by atoms with van der Waals surface area (Å²) in [7, 11) is 0. The Morgan fingerprint density at radius 3 is 2.56 bits per heavy atom. The summed E-state index contributed by atoms with van der Waals surface area (Å²) in [5.41, 5.74) is 1.20. The van der Waals surface area contributed by atoms with Crippen molar-refractivity contribution in [2.75, 3.05) is 6.61 Å². The van der Waals surface area contributed by atoms with Crippen LogP contribution in [0.1, 0.15) is 87.7 Å². The molecule has 0 amide bonds. The van der Waals surface area contributed by atoms with Gasteiger partial charge >= 0.3 is 5.97 Å². The largest absolute Gasteiger partial charge is 0.504 e. The minimum atomic E-state index is -0.403. The lowest BCUT2D eigenvalue weighted by Gasteiger charge is -2.53. The number of benzene rings is 1. The van der Waals surface area contributed by atoms with Crippen molar-refractivity contribution in [2.45, 2.75) is 71.6 Å². The minimum Gasteiger partial charge on any atom is -0.504 e. The molecule has 5 nitrogen and oxygen atoms in total. The molecule has 1 fully saturated rings. The van der Waals surface area contributed by atoms with Crippen LogP contribution in [0.25, 0.3) is 0 Å². The van der Waals surface area contributed by atoms with Gasteiger partial charge in [-0.3, -0.25) is 9.59 Å². The number of carbonyl (C=O) groups is 2. The summed E-state index contributed by atoms with van der Waals surface area (Å²) in [5.74, 6) is -0.973. The van der Waals surface area contributed by atoms with E-state index in [0.717, 1.165) is 19.3 Å². The molecule has 27 heavy (non-hydrogen) atoms. The first-order valence-electron chi connectivity index (χ1n) is 9.75. The molecule has 3 unspecified atom stereocenters. The first-order valence-corrected chi connectivity index (χ1v) is 9.75. The van der Waals surface area contributed by atoms with E-state index in [9.17, 15) is 19.8 Å². The summed E-state index contributed by atoms with van der Waals surface area (Å²) < 4.78 is 5.04. The van der Waals surface area contributed by atoms with Crippen LogP contribution < -0.4 is 0 Å². The van der Waals surface area contributed by atoms with E-state index >= 15 is 0 Å². The summed E-state index contributed by atoms with van der Waals surface area (Å²) in [5, 5.41) is 21.6. The molecule has 0 saturated heterocycles. The number of fused-ring (bicyclic) bond motifs is 3. The Bertz CT molecular complexity index is 794. The van der Waals surface area contributed by atoms with Gasteiger partial charge in [0.15, 0.2) is 17.3 Å². The first kappa shape index (κ1) is 19.7. The molecule has 0 spiro atoms. The molecular formula is C22H30O5. The lowest BCUT2D eigenvalue weighted by molar-refractivity contribution is -0.141. The molecule has 1 aromatic carbocycles. The monoisotopic (exact) mass is 374 g/mol. The first-order chi connectivity index (χ1) is 12.5. The van der Waals surface area contributed by atoms with Gasteiger partial charge in [0.05, 0.1) is 6.61 Å². The zero-order valence-electron chi connectivity index (χ0n) is 16.9. The van der Waals surface area contributed by atoms with E-state index in [0.29, 0.717) is 23.1 Å². The number of hydrogen-bond acceptors (Lipinski definition) is 5. The van der Waals surface area contributed by atoms with Gasteiger partial charge in [0.1, 0.15) is 0 Å². The van der Waals surface area contributed by atoms with Gasteiger partial charge in [0.2, 0.25) is 0 Å². The highest BCUT2D eigenvalue weighted by Crippen LogP contribution is 2.60. The number of ketones is 1. The number of aromatic hydroxyl groups is 2. The summed E-state index contributed by atoms with van der Waals surface area (Å²) in [6.07, 6.45) is 3.42. The zero-order chi connectivity index (χ0) is 20.1. The third-order valence-corrected chi connectivity index (χ3v) is 6.86. The average Bonchev–Trinajstić information content (AvgIpc) is 2.57. The Kier molecular flexibility index (Phi) is 4.77. The molecule has 2 aliphatic rings. The highest BCUT2D eigenvalue weighted by Gasteiger charge is 2.53. The van der Waals surface area contributed by atoms with Crippen molar-refractivity contribution in [2.24, 2.45) is 11.3 Å². The molecule has 0 heterocycles. The van der Waals surface area contributed by atoms with Gasteiger partial charge in [-0.2, -0.15) is 0 Å². The quantitative estimate of drug-likeness (QED) is 0.604. The number of carbonyl (C=O) groups excluding carboxylic acids is 2. The number of Topliss-reactive ketones (excluding diaryl/α,β-unsaturated/α-hetero) is 1. The van der Waals surface area contributed by atoms with Crippen LogP contribution in [0.2, 0.25) is 0 Å². The van der Waals surface area contributed by atoms with Gasteiger partial charge in [-0.25, -0.2) is 0 Å². The van der Waals surface area contributed by atoms with E-state index in [-0.39, 0.29) is 46.6 Å². The van der Waals surface area contributed by atoms with Crippen molar-refractivity contribution in [1.82, 2.24) is 0 Å². The molecular weight excluding hydrogens is 344 g/mol.